The van der Waals surface area contributed by atoms with E-state index in [1.54, 1.807) is 11.3 Å². The van der Waals surface area contributed by atoms with Crippen LogP contribution in [0.3, 0.4) is 0 Å². The van der Waals surface area contributed by atoms with Gasteiger partial charge >= 0.3 is 5.97 Å². The summed E-state index contributed by atoms with van der Waals surface area (Å²) in [6.45, 7) is 3.89. The Kier molecular flexibility index (Phi) is 4.33. The summed E-state index contributed by atoms with van der Waals surface area (Å²) < 4.78 is 0. The lowest BCUT2D eigenvalue weighted by Gasteiger charge is -2.23. The number of carboxylic acid groups (broad SMARTS) is 1. The van der Waals surface area contributed by atoms with Gasteiger partial charge in [-0.3, -0.25) is 4.79 Å². The van der Waals surface area contributed by atoms with Crippen LogP contribution in [-0.4, -0.2) is 11.1 Å². The number of rotatable bonds is 6. The molecule has 0 amide bonds. The SMILES string of the molecule is CCCC(C)(CCc1ccsc1)C(=O)O. The van der Waals surface area contributed by atoms with E-state index in [1.165, 1.54) is 5.56 Å². The van der Waals surface area contributed by atoms with Crippen LogP contribution in [-0.2, 0) is 11.2 Å². The van der Waals surface area contributed by atoms with Gasteiger partial charge in [0.1, 0.15) is 0 Å². The molecule has 0 radical (unpaired) electrons. The van der Waals surface area contributed by atoms with Gasteiger partial charge in [-0.1, -0.05) is 13.3 Å². The van der Waals surface area contributed by atoms with E-state index in [0.717, 1.165) is 25.7 Å². The fraction of sp³-hybridized carbons (Fsp3) is 0.583. The normalized spacial score (nSPS) is 14.8. The number of aliphatic carboxylic acids is 1. The first-order valence-corrected chi connectivity index (χ1v) is 6.27. The van der Waals surface area contributed by atoms with Crippen molar-refractivity contribution in [2.75, 3.05) is 0 Å². The van der Waals surface area contributed by atoms with Gasteiger partial charge in [-0.25, -0.2) is 0 Å². The molecule has 1 aromatic heterocycles. The third-order valence-electron chi connectivity index (χ3n) is 2.86. The van der Waals surface area contributed by atoms with Crippen LogP contribution in [0.25, 0.3) is 0 Å². The molecule has 84 valence electrons. The fourth-order valence-corrected chi connectivity index (χ4v) is 2.45. The second-order valence-corrected chi connectivity index (χ2v) is 5.03. The van der Waals surface area contributed by atoms with Crippen LogP contribution in [0.15, 0.2) is 16.8 Å². The third-order valence-corrected chi connectivity index (χ3v) is 3.60. The van der Waals surface area contributed by atoms with Gasteiger partial charge in [-0.2, -0.15) is 11.3 Å². The molecular formula is C12H18O2S. The fourth-order valence-electron chi connectivity index (χ4n) is 1.75. The van der Waals surface area contributed by atoms with E-state index in [2.05, 4.69) is 11.4 Å². The largest absolute Gasteiger partial charge is 0.481 e. The van der Waals surface area contributed by atoms with Crippen molar-refractivity contribution in [1.82, 2.24) is 0 Å². The van der Waals surface area contributed by atoms with Crippen molar-refractivity contribution in [2.24, 2.45) is 5.41 Å². The van der Waals surface area contributed by atoms with E-state index in [1.807, 2.05) is 19.2 Å². The molecule has 1 N–H and O–H groups in total. The van der Waals surface area contributed by atoms with Gasteiger partial charge in [0.2, 0.25) is 0 Å². The van der Waals surface area contributed by atoms with E-state index >= 15 is 0 Å². The Balaban J connectivity index is 2.56. The monoisotopic (exact) mass is 226 g/mol. The Morgan fingerprint density at radius 3 is 2.73 bits per heavy atom. The smallest absolute Gasteiger partial charge is 0.309 e. The highest BCUT2D eigenvalue weighted by molar-refractivity contribution is 7.07. The highest BCUT2D eigenvalue weighted by Gasteiger charge is 2.31. The van der Waals surface area contributed by atoms with Crippen LogP contribution >= 0.6 is 11.3 Å². The molecule has 1 heterocycles. The minimum absolute atomic E-state index is 0.559. The summed E-state index contributed by atoms with van der Waals surface area (Å²) in [5.41, 5.74) is 0.694. The maximum Gasteiger partial charge on any atom is 0.309 e. The topological polar surface area (TPSA) is 37.3 Å². The molecule has 0 aliphatic heterocycles. The molecule has 0 aliphatic rings. The number of aryl methyl sites for hydroxylation is 1. The second kappa shape index (κ2) is 5.31. The van der Waals surface area contributed by atoms with Crippen molar-refractivity contribution in [3.05, 3.63) is 22.4 Å². The van der Waals surface area contributed by atoms with Gasteiger partial charge in [-0.05, 0) is 48.6 Å². The summed E-state index contributed by atoms with van der Waals surface area (Å²) in [5, 5.41) is 13.3. The standard InChI is InChI=1S/C12H18O2S/c1-3-6-12(2,11(13)14)7-4-10-5-8-15-9-10/h5,8-9H,3-4,6-7H2,1-2H3,(H,13,14). The van der Waals surface area contributed by atoms with Crippen LogP contribution in [0.4, 0.5) is 0 Å². The molecule has 0 bridgehead atoms. The summed E-state index contributed by atoms with van der Waals surface area (Å²) >= 11 is 1.66. The molecule has 1 atom stereocenters. The minimum Gasteiger partial charge on any atom is -0.481 e. The van der Waals surface area contributed by atoms with Crippen molar-refractivity contribution in [2.45, 2.75) is 39.5 Å². The van der Waals surface area contributed by atoms with Gasteiger partial charge < -0.3 is 5.11 Å². The van der Waals surface area contributed by atoms with E-state index in [4.69, 9.17) is 0 Å². The first kappa shape index (κ1) is 12.2. The number of carbonyl (C=O) groups is 1. The van der Waals surface area contributed by atoms with Crippen LogP contribution in [0, 0.1) is 5.41 Å². The molecule has 1 rings (SSSR count). The second-order valence-electron chi connectivity index (χ2n) is 4.25. The van der Waals surface area contributed by atoms with Crippen LogP contribution < -0.4 is 0 Å². The highest BCUT2D eigenvalue weighted by atomic mass is 32.1. The van der Waals surface area contributed by atoms with Crippen LogP contribution in [0.1, 0.15) is 38.7 Å². The molecule has 3 heteroatoms. The van der Waals surface area contributed by atoms with Gasteiger partial charge in [0.05, 0.1) is 5.41 Å². The first-order chi connectivity index (χ1) is 7.08. The van der Waals surface area contributed by atoms with Crippen molar-refractivity contribution < 1.29 is 9.90 Å². The number of carboxylic acids is 1. The summed E-state index contributed by atoms with van der Waals surface area (Å²) in [6.07, 6.45) is 3.28. The van der Waals surface area contributed by atoms with Crippen molar-refractivity contribution in [3.8, 4) is 0 Å². The van der Waals surface area contributed by atoms with Gasteiger partial charge in [0, 0.05) is 0 Å². The molecule has 0 aromatic carbocycles. The molecule has 0 fully saturated rings. The van der Waals surface area contributed by atoms with E-state index in [0.29, 0.717) is 0 Å². The van der Waals surface area contributed by atoms with Crippen molar-refractivity contribution >= 4 is 17.3 Å². The average Bonchev–Trinajstić information content (AvgIpc) is 2.67. The quantitative estimate of drug-likeness (QED) is 0.805. The van der Waals surface area contributed by atoms with Crippen molar-refractivity contribution in [1.29, 1.82) is 0 Å². The zero-order valence-corrected chi connectivity index (χ0v) is 10.1. The maximum atomic E-state index is 11.2. The maximum absolute atomic E-state index is 11.2. The Morgan fingerprint density at radius 2 is 2.27 bits per heavy atom. The predicted molar refractivity (Wildman–Crippen MR) is 63.3 cm³/mol. The first-order valence-electron chi connectivity index (χ1n) is 5.33. The lowest BCUT2D eigenvalue weighted by molar-refractivity contribution is -0.148. The summed E-state index contributed by atoms with van der Waals surface area (Å²) in [7, 11) is 0. The average molecular weight is 226 g/mol. The summed E-state index contributed by atoms with van der Waals surface area (Å²) in [6, 6.07) is 2.07. The Bertz CT molecular complexity index is 305. The zero-order chi connectivity index (χ0) is 11.3. The zero-order valence-electron chi connectivity index (χ0n) is 9.32. The predicted octanol–water partition coefficient (Wildman–Crippen LogP) is 3.57. The summed E-state index contributed by atoms with van der Waals surface area (Å²) in [5.74, 6) is -0.667. The van der Waals surface area contributed by atoms with E-state index in [-0.39, 0.29) is 0 Å². The van der Waals surface area contributed by atoms with Crippen LogP contribution in [0.5, 0.6) is 0 Å². The highest BCUT2D eigenvalue weighted by Crippen LogP contribution is 2.30. The van der Waals surface area contributed by atoms with Crippen LogP contribution in [0.2, 0.25) is 0 Å². The van der Waals surface area contributed by atoms with E-state index in [9.17, 15) is 9.90 Å². The Morgan fingerprint density at radius 1 is 1.53 bits per heavy atom. The van der Waals surface area contributed by atoms with E-state index < -0.39 is 11.4 Å². The Labute approximate surface area is 94.9 Å². The number of thiophene rings is 1. The number of hydrogen-bond donors (Lipinski definition) is 1. The summed E-state index contributed by atoms with van der Waals surface area (Å²) in [4.78, 5) is 11.2. The number of hydrogen-bond acceptors (Lipinski definition) is 2. The van der Waals surface area contributed by atoms with Gasteiger partial charge in [0.25, 0.3) is 0 Å². The molecule has 0 saturated carbocycles. The molecule has 0 spiro atoms. The molecule has 1 unspecified atom stereocenters. The lowest BCUT2D eigenvalue weighted by Crippen LogP contribution is -2.27. The van der Waals surface area contributed by atoms with Crippen molar-refractivity contribution in [3.63, 3.8) is 0 Å². The van der Waals surface area contributed by atoms with Gasteiger partial charge in [-0.15, -0.1) is 0 Å². The molecule has 0 saturated heterocycles. The molecule has 0 aliphatic carbocycles. The lowest BCUT2D eigenvalue weighted by atomic mass is 9.80. The molecule has 15 heavy (non-hydrogen) atoms. The molecule has 1 aromatic rings. The minimum atomic E-state index is -0.667. The Hall–Kier alpha value is -0.830. The van der Waals surface area contributed by atoms with Gasteiger partial charge in [0.15, 0.2) is 0 Å². The molecular weight excluding hydrogens is 208 g/mol. The molecule has 2 nitrogen and oxygen atoms in total. The third kappa shape index (κ3) is 3.34.